The molecule has 2 nitrogen and oxygen atoms in total. The van der Waals surface area contributed by atoms with E-state index in [4.69, 9.17) is 12.2 Å². The number of para-hydroxylation sites is 1. The maximum absolute atomic E-state index is 12.5. The molecule has 20 heavy (non-hydrogen) atoms. The first-order chi connectivity index (χ1) is 9.48. The minimum absolute atomic E-state index is 0.150. The minimum Gasteiger partial charge on any atom is -0.301 e. The Hall–Kier alpha value is -1.04. The fourth-order valence-electron chi connectivity index (χ4n) is 2.78. The standard InChI is InChI=1S/C15H15NOS3/c1-4-11(17)16-10-8-6-5-7-9(10)12-13(15(16,2)3)19-20-14(12)18/h5-8H,4H2,1-3H3. The molecule has 0 atom stereocenters. The monoisotopic (exact) mass is 321 g/mol. The van der Waals surface area contributed by atoms with E-state index in [1.165, 1.54) is 4.88 Å². The largest absolute Gasteiger partial charge is 0.301 e. The van der Waals surface area contributed by atoms with E-state index in [1.54, 1.807) is 20.7 Å². The predicted molar refractivity (Wildman–Crippen MR) is 89.3 cm³/mol. The number of amides is 1. The zero-order chi connectivity index (χ0) is 14.5. The summed E-state index contributed by atoms with van der Waals surface area (Å²) in [5.74, 6) is 0.150. The molecule has 0 saturated carbocycles. The van der Waals surface area contributed by atoms with E-state index in [-0.39, 0.29) is 11.4 Å². The molecule has 0 radical (unpaired) electrons. The highest BCUT2D eigenvalue weighted by molar-refractivity contribution is 7.80. The van der Waals surface area contributed by atoms with Crippen LogP contribution in [0.2, 0.25) is 0 Å². The molecule has 3 rings (SSSR count). The van der Waals surface area contributed by atoms with Crippen molar-refractivity contribution in [3.8, 4) is 11.1 Å². The lowest BCUT2D eigenvalue weighted by Gasteiger charge is -2.42. The van der Waals surface area contributed by atoms with Gasteiger partial charge in [-0.15, -0.1) is 0 Å². The summed E-state index contributed by atoms with van der Waals surface area (Å²) in [6.45, 7) is 6.12. The number of carbonyl (C=O) groups is 1. The maximum Gasteiger partial charge on any atom is 0.227 e. The molecule has 0 saturated heterocycles. The van der Waals surface area contributed by atoms with Crippen LogP contribution in [0.1, 0.15) is 32.1 Å². The van der Waals surface area contributed by atoms with Gasteiger partial charge in [-0.3, -0.25) is 4.79 Å². The quantitative estimate of drug-likeness (QED) is 0.531. The van der Waals surface area contributed by atoms with E-state index in [1.807, 2.05) is 30.0 Å². The van der Waals surface area contributed by atoms with Gasteiger partial charge in [0.2, 0.25) is 5.91 Å². The lowest BCUT2D eigenvalue weighted by Crippen LogP contribution is -2.47. The number of fused-ring (bicyclic) bond motifs is 3. The van der Waals surface area contributed by atoms with Crippen molar-refractivity contribution in [3.05, 3.63) is 33.0 Å². The van der Waals surface area contributed by atoms with Crippen LogP contribution in [-0.4, -0.2) is 5.91 Å². The van der Waals surface area contributed by atoms with Crippen molar-refractivity contribution in [2.24, 2.45) is 0 Å². The Morgan fingerprint density at radius 3 is 2.70 bits per heavy atom. The van der Waals surface area contributed by atoms with Gasteiger partial charge in [-0.05, 0) is 19.9 Å². The molecule has 0 unspecified atom stereocenters. The maximum atomic E-state index is 12.5. The van der Waals surface area contributed by atoms with Gasteiger partial charge < -0.3 is 4.90 Å². The first kappa shape index (κ1) is 13.9. The van der Waals surface area contributed by atoms with Crippen LogP contribution in [0.5, 0.6) is 0 Å². The summed E-state index contributed by atoms with van der Waals surface area (Å²) >= 11 is 5.51. The van der Waals surface area contributed by atoms with E-state index in [0.717, 1.165) is 20.6 Å². The van der Waals surface area contributed by atoms with Crippen molar-refractivity contribution in [3.63, 3.8) is 0 Å². The van der Waals surface area contributed by atoms with Crippen LogP contribution in [0.25, 0.3) is 11.1 Å². The van der Waals surface area contributed by atoms with Crippen molar-refractivity contribution >= 4 is 44.5 Å². The Balaban J connectivity index is 2.37. The predicted octanol–water partition coefficient (Wildman–Crippen LogP) is 5.20. The fraction of sp³-hybridized carbons (Fsp3) is 0.333. The van der Waals surface area contributed by atoms with Gasteiger partial charge in [-0.25, -0.2) is 0 Å². The third-order valence-electron chi connectivity index (χ3n) is 3.71. The van der Waals surface area contributed by atoms with E-state index >= 15 is 0 Å². The van der Waals surface area contributed by atoms with Crippen molar-refractivity contribution in [2.75, 3.05) is 4.90 Å². The first-order valence-corrected chi connectivity index (χ1v) is 9.10. The Bertz CT molecular complexity index is 742. The number of benzene rings is 1. The highest BCUT2D eigenvalue weighted by atomic mass is 32.9. The van der Waals surface area contributed by atoms with Gasteiger partial charge in [-0.2, -0.15) is 0 Å². The van der Waals surface area contributed by atoms with Crippen molar-refractivity contribution in [1.82, 2.24) is 0 Å². The van der Waals surface area contributed by atoms with E-state index < -0.39 is 0 Å². The van der Waals surface area contributed by atoms with Gasteiger partial charge in [0.1, 0.15) is 3.82 Å². The average molecular weight is 321 g/mol. The van der Waals surface area contributed by atoms with Gasteiger partial charge in [0.25, 0.3) is 0 Å². The van der Waals surface area contributed by atoms with Crippen molar-refractivity contribution < 1.29 is 4.79 Å². The molecule has 104 valence electrons. The lowest BCUT2D eigenvalue weighted by molar-refractivity contribution is -0.119. The Kier molecular flexibility index (Phi) is 3.31. The second kappa shape index (κ2) is 4.76. The zero-order valence-corrected chi connectivity index (χ0v) is 14.0. The van der Waals surface area contributed by atoms with Gasteiger partial charge >= 0.3 is 0 Å². The van der Waals surface area contributed by atoms with Crippen molar-refractivity contribution in [2.45, 2.75) is 32.7 Å². The molecule has 1 aromatic carbocycles. The Labute approximate surface area is 131 Å². The van der Waals surface area contributed by atoms with Crippen LogP contribution < -0.4 is 4.90 Å². The second-order valence-corrected chi connectivity index (χ2v) is 8.13. The number of rotatable bonds is 1. The summed E-state index contributed by atoms with van der Waals surface area (Å²) in [7, 11) is 3.32. The highest BCUT2D eigenvalue weighted by Gasteiger charge is 2.42. The molecule has 0 spiro atoms. The number of hydrogen-bond donors (Lipinski definition) is 0. The summed E-state index contributed by atoms with van der Waals surface area (Å²) in [5, 5.41) is 0. The molecule has 2 heterocycles. The molecule has 5 heteroatoms. The van der Waals surface area contributed by atoms with Crippen LogP contribution in [-0.2, 0) is 10.3 Å². The summed E-state index contributed by atoms with van der Waals surface area (Å²) in [6.07, 6.45) is 0.503. The zero-order valence-electron chi connectivity index (χ0n) is 11.6. The molecule has 1 aliphatic rings. The topological polar surface area (TPSA) is 20.3 Å². The fourth-order valence-corrected chi connectivity index (χ4v) is 6.06. The molecule has 0 N–H and O–H groups in total. The molecule has 2 aromatic rings. The second-order valence-electron chi connectivity index (χ2n) is 5.32. The third kappa shape index (κ3) is 1.80. The van der Waals surface area contributed by atoms with Crippen molar-refractivity contribution in [1.29, 1.82) is 0 Å². The molecule has 0 fully saturated rings. The van der Waals surface area contributed by atoms with Gasteiger partial charge in [0.15, 0.2) is 0 Å². The van der Waals surface area contributed by atoms with E-state index in [2.05, 4.69) is 19.9 Å². The van der Waals surface area contributed by atoms with Gasteiger partial charge in [0, 0.05) is 17.5 Å². The smallest absolute Gasteiger partial charge is 0.227 e. The molecule has 1 amide bonds. The van der Waals surface area contributed by atoms with Crippen LogP contribution in [0.15, 0.2) is 24.3 Å². The third-order valence-corrected chi connectivity index (χ3v) is 7.04. The van der Waals surface area contributed by atoms with Crippen LogP contribution in [0.3, 0.4) is 0 Å². The normalized spacial score (nSPS) is 15.7. The van der Waals surface area contributed by atoms with E-state index in [0.29, 0.717) is 6.42 Å². The first-order valence-electron chi connectivity index (χ1n) is 6.54. The molecular weight excluding hydrogens is 306 g/mol. The molecular formula is C15H15NOS3. The number of anilines is 1. The summed E-state index contributed by atoms with van der Waals surface area (Å²) in [4.78, 5) is 15.6. The number of hydrogen-bond acceptors (Lipinski definition) is 4. The summed E-state index contributed by atoms with van der Waals surface area (Å²) < 4.78 is 0.925. The molecule has 0 aliphatic carbocycles. The molecule has 1 aliphatic heterocycles. The minimum atomic E-state index is -0.338. The van der Waals surface area contributed by atoms with E-state index in [9.17, 15) is 4.79 Å². The summed E-state index contributed by atoms with van der Waals surface area (Å²) in [6, 6.07) is 8.07. The summed E-state index contributed by atoms with van der Waals surface area (Å²) in [5.41, 5.74) is 2.88. The highest BCUT2D eigenvalue weighted by Crippen LogP contribution is 2.51. The molecule has 0 bridgehead atoms. The number of carbonyl (C=O) groups excluding carboxylic acids is 1. The SMILES string of the molecule is CCC(=O)N1c2ccccc2-c2c(ssc2=S)C1(C)C. The number of nitrogens with zero attached hydrogens (tertiary/aromatic N) is 1. The van der Waals surface area contributed by atoms with Crippen LogP contribution >= 0.6 is 32.9 Å². The van der Waals surface area contributed by atoms with Crippen LogP contribution in [0.4, 0.5) is 5.69 Å². The Morgan fingerprint density at radius 2 is 2.00 bits per heavy atom. The van der Waals surface area contributed by atoms with Gasteiger partial charge in [-0.1, -0.05) is 58.0 Å². The lowest BCUT2D eigenvalue weighted by atomic mass is 9.87. The van der Waals surface area contributed by atoms with Crippen LogP contribution in [0, 0.1) is 3.82 Å². The average Bonchev–Trinajstić information content (AvgIpc) is 2.81. The molecule has 1 aromatic heterocycles. The van der Waals surface area contributed by atoms with Gasteiger partial charge in [0.05, 0.1) is 16.1 Å². The Morgan fingerprint density at radius 1 is 1.30 bits per heavy atom.